The number of ether oxygens (including phenoxy) is 2. The highest BCUT2D eigenvalue weighted by molar-refractivity contribution is 5.90. The van der Waals surface area contributed by atoms with Crippen LogP contribution < -0.4 is 10.1 Å². The molecule has 0 saturated heterocycles. The molecule has 0 unspecified atom stereocenters. The standard InChI is InChI=1S/C24H31NO4/c1-3-28-21-7-4-17(5-8-21)6-9-22(26)29-16(2)23(27)25-24-13-18-10-19(14-24)12-20(11-18)15-24/h4-9,16,18-20H,3,10-15H2,1-2H3,(H,25,27)/b9-6+/t16-,18?,19?,20?,24?/m0/s1. The van der Waals surface area contributed by atoms with Gasteiger partial charge in [0.1, 0.15) is 5.75 Å². The first kappa shape index (κ1) is 20.0. The maximum absolute atomic E-state index is 12.7. The number of amides is 1. The summed E-state index contributed by atoms with van der Waals surface area (Å²) < 4.78 is 10.8. The third-order valence-electron chi connectivity index (χ3n) is 6.69. The van der Waals surface area contributed by atoms with Crippen LogP contribution in [0.1, 0.15) is 57.9 Å². The maximum Gasteiger partial charge on any atom is 0.331 e. The zero-order chi connectivity index (χ0) is 20.4. The molecule has 1 aromatic rings. The fourth-order valence-electron chi connectivity index (χ4n) is 5.90. The summed E-state index contributed by atoms with van der Waals surface area (Å²) in [6.07, 6.45) is 9.50. The maximum atomic E-state index is 12.7. The highest BCUT2D eigenvalue weighted by Gasteiger charge is 2.51. The Balaban J connectivity index is 1.29. The van der Waals surface area contributed by atoms with E-state index in [4.69, 9.17) is 9.47 Å². The molecule has 0 aromatic heterocycles. The summed E-state index contributed by atoms with van der Waals surface area (Å²) in [5.41, 5.74) is 0.807. The number of carbonyl (C=O) groups is 2. The van der Waals surface area contributed by atoms with Crippen LogP contribution in [0.15, 0.2) is 30.3 Å². The molecule has 1 amide bonds. The Labute approximate surface area is 172 Å². The molecule has 5 nitrogen and oxygen atoms in total. The lowest BCUT2D eigenvalue weighted by Crippen LogP contribution is -2.61. The Hall–Kier alpha value is -2.30. The molecule has 5 rings (SSSR count). The molecule has 1 aromatic carbocycles. The zero-order valence-corrected chi connectivity index (χ0v) is 17.4. The Kier molecular flexibility index (Phi) is 5.66. The van der Waals surface area contributed by atoms with Crippen molar-refractivity contribution >= 4 is 18.0 Å². The van der Waals surface area contributed by atoms with Crippen LogP contribution in [0.25, 0.3) is 6.08 Å². The Morgan fingerprint density at radius 2 is 1.69 bits per heavy atom. The smallest absolute Gasteiger partial charge is 0.331 e. The summed E-state index contributed by atoms with van der Waals surface area (Å²) in [5, 5.41) is 3.27. The van der Waals surface area contributed by atoms with Gasteiger partial charge in [0, 0.05) is 11.6 Å². The summed E-state index contributed by atoms with van der Waals surface area (Å²) in [4.78, 5) is 24.9. The monoisotopic (exact) mass is 397 g/mol. The number of esters is 1. The zero-order valence-electron chi connectivity index (χ0n) is 17.4. The third-order valence-corrected chi connectivity index (χ3v) is 6.69. The van der Waals surface area contributed by atoms with E-state index in [9.17, 15) is 9.59 Å². The van der Waals surface area contributed by atoms with Crippen LogP contribution in [0.2, 0.25) is 0 Å². The van der Waals surface area contributed by atoms with Crippen molar-refractivity contribution in [2.75, 3.05) is 6.61 Å². The number of hydrogen-bond donors (Lipinski definition) is 1. The number of rotatable bonds is 7. The third kappa shape index (κ3) is 4.65. The highest BCUT2D eigenvalue weighted by Crippen LogP contribution is 2.55. The van der Waals surface area contributed by atoms with E-state index in [0.717, 1.165) is 48.3 Å². The molecular weight excluding hydrogens is 366 g/mol. The number of hydrogen-bond acceptors (Lipinski definition) is 4. The molecule has 4 saturated carbocycles. The highest BCUT2D eigenvalue weighted by atomic mass is 16.5. The first-order valence-electron chi connectivity index (χ1n) is 10.9. The SMILES string of the molecule is CCOc1ccc(/C=C/C(=O)O[C@@H](C)C(=O)NC23CC4CC(CC(C4)C2)C3)cc1. The van der Waals surface area contributed by atoms with Crippen LogP contribution in [0, 0.1) is 17.8 Å². The predicted molar refractivity (Wildman–Crippen MR) is 111 cm³/mol. The van der Waals surface area contributed by atoms with E-state index in [1.165, 1.54) is 25.3 Å². The minimum absolute atomic E-state index is 0.0648. The van der Waals surface area contributed by atoms with Crippen molar-refractivity contribution in [1.29, 1.82) is 0 Å². The molecule has 4 bridgehead atoms. The van der Waals surface area contributed by atoms with Gasteiger partial charge in [-0.25, -0.2) is 4.79 Å². The van der Waals surface area contributed by atoms with Crippen molar-refractivity contribution in [2.45, 2.75) is 64.0 Å². The fourth-order valence-corrected chi connectivity index (χ4v) is 5.90. The van der Waals surface area contributed by atoms with Gasteiger partial charge in [-0.15, -0.1) is 0 Å². The minimum atomic E-state index is -0.791. The van der Waals surface area contributed by atoms with Gasteiger partial charge >= 0.3 is 5.97 Å². The van der Waals surface area contributed by atoms with Gasteiger partial charge in [0.15, 0.2) is 6.10 Å². The molecule has 1 atom stereocenters. The quantitative estimate of drug-likeness (QED) is 0.555. The van der Waals surface area contributed by atoms with Crippen LogP contribution in [0.5, 0.6) is 5.75 Å². The van der Waals surface area contributed by atoms with Crippen molar-refractivity contribution in [1.82, 2.24) is 5.32 Å². The molecule has 0 spiro atoms. The largest absolute Gasteiger partial charge is 0.494 e. The van der Waals surface area contributed by atoms with E-state index in [1.54, 1.807) is 13.0 Å². The van der Waals surface area contributed by atoms with Gasteiger partial charge in [-0.2, -0.15) is 0 Å². The van der Waals surface area contributed by atoms with Crippen LogP contribution in [-0.4, -0.2) is 30.1 Å². The second kappa shape index (κ2) is 8.21. The molecule has 156 valence electrons. The Morgan fingerprint density at radius 1 is 1.10 bits per heavy atom. The topological polar surface area (TPSA) is 64.6 Å². The summed E-state index contributed by atoms with van der Waals surface area (Å²) >= 11 is 0. The van der Waals surface area contributed by atoms with Gasteiger partial charge in [-0.1, -0.05) is 12.1 Å². The molecule has 0 radical (unpaired) electrons. The molecular formula is C24H31NO4. The van der Waals surface area contributed by atoms with Crippen molar-refractivity contribution < 1.29 is 19.1 Å². The lowest BCUT2D eigenvalue weighted by molar-refractivity contribution is -0.152. The van der Waals surface area contributed by atoms with Crippen molar-refractivity contribution in [3.63, 3.8) is 0 Å². The summed E-state index contributed by atoms with van der Waals surface area (Å²) in [7, 11) is 0. The molecule has 0 heterocycles. The van der Waals surface area contributed by atoms with Crippen LogP contribution in [-0.2, 0) is 14.3 Å². The average Bonchev–Trinajstić information content (AvgIpc) is 2.66. The number of carbonyl (C=O) groups excluding carboxylic acids is 2. The van der Waals surface area contributed by atoms with Gasteiger partial charge in [-0.3, -0.25) is 4.79 Å². The van der Waals surface area contributed by atoms with E-state index < -0.39 is 12.1 Å². The lowest BCUT2D eigenvalue weighted by atomic mass is 9.53. The molecule has 0 aliphatic heterocycles. The Bertz CT molecular complexity index is 747. The van der Waals surface area contributed by atoms with E-state index in [-0.39, 0.29) is 11.4 Å². The summed E-state index contributed by atoms with van der Waals surface area (Å²) in [6, 6.07) is 7.46. The number of nitrogens with one attached hydrogen (secondary N) is 1. The first-order chi connectivity index (χ1) is 13.9. The molecule has 5 heteroatoms. The average molecular weight is 398 g/mol. The molecule has 1 N–H and O–H groups in total. The van der Waals surface area contributed by atoms with E-state index in [0.29, 0.717) is 6.61 Å². The fraction of sp³-hybridized carbons (Fsp3) is 0.583. The molecule has 4 aliphatic rings. The molecule has 4 aliphatic carbocycles. The predicted octanol–water partition coefficient (Wildman–Crippen LogP) is 4.12. The summed E-state index contributed by atoms with van der Waals surface area (Å²) in [6.45, 7) is 4.20. The van der Waals surface area contributed by atoms with Crippen LogP contribution in [0.3, 0.4) is 0 Å². The first-order valence-corrected chi connectivity index (χ1v) is 10.9. The molecule has 29 heavy (non-hydrogen) atoms. The normalized spacial score (nSPS) is 30.9. The van der Waals surface area contributed by atoms with Gasteiger partial charge in [0.2, 0.25) is 0 Å². The van der Waals surface area contributed by atoms with Crippen molar-refractivity contribution in [2.24, 2.45) is 17.8 Å². The van der Waals surface area contributed by atoms with Crippen molar-refractivity contribution in [3.05, 3.63) is 35.9 Å². The molecule has 4 fully saturated rings. The van der Waals surface area contributed by atoms with Crippen LogP contribution in [0.4, 0.5) is 0 Å². The van der Waals surface area contributed by atoms with Gasteiger partial charge in [-0.05, 0) is 93.9 Å². The van der Waals surface area contributed by atoms with Gasteiger partial charge < -0.3 is 14.8 Å². The van der Waals surface area contributed by atoms with E-state index >= 15 is 0 Å². The minimum Gasteiger partial charge on any atom is -0.494 e. The van der Waals surface area contributed by atoms with E-state index in [1.807, 2.05) is 31.2 Å². The van der Waals surface area contributed by atoms with Gasteiger partial charge in [0.25, 0.3) is 5.91 Å². The second-order valence-electron chi connectivity index (χ2n) is 9.10. The van der Waals surface area contributed by atoms with Crippen LogP contribution >= 0.6 is 0 Å². The van der Waals surface area contributed by atoms with E-state index in [2.05, 4.69) is 5.32 Å². The van der Waals surface area contributed by atoms with Crippen molar-refractivity contribution in [3.8, 4) is 5.75 Å². The number of benzene rings is 1. The Morgan fingerprint density at radius 3 is 2.24 bits per heavy atom. The second-order valence-corrected chi connectivity index (χ2v) is 9.10. The lowest BCUT2D eigenvalue weighted by Gasteiger charge is -2.57. The van der Waals surface area contributed by atoms with Gasteiger partial charge in [0.05, 0.1) is 6.61 Å². The summed E-state index contributed by atoms with van der Waals surface area (Å²) in [5.74, 6) is 2.40.